The largest absolute Gasteiger partial charge is 0.353 e. The standard InChI is InChI=1S/C14H27N3O.2ClH/c1-11(2)10-17-7-4-13(5-8-17)16-14(18)12-3-6-15-9-12;;/h11-13,15H,3-10H2,1-2H3,(H,16,18);2*1H. The lowest BCUT2D eigenvalue weighted by molar-refractivity contribution is -0.125. The Labute approximate surface area is 135 Å². The van der Waals surface area contributed by atoms with Crippen molar-refractivity contribution in [3.05, 3.63) is 0 Å². The van der Waals surface area contributed by atoms with E-state index in [1.165, 1.54) is 6.54 Å². The van der Waals surface area contributed by atoms with Crippen molar-refractivity contribution in [2.45, 2.75) is 39.2 Å². The minimum Gasteiger partial charge on any atom is -0.353 e. The molecule has 2 aliphatic heterocycles. The first-order chi connectivity index (χ1) is 8.65. The van der Waals surface area contributed by atoms with Gasteiger partial charge in [-0.05, 0) is 31.7 Å². The first-order valence-corrected chi connectivity index (χ1v) is 7.38. The summed E-state index contributed by atoms with van der Waals surface area (Å²) in [6.07, 6.45) is 3.22. The van der Waals surface area contributed by atoms with Crippen molar-refractivity contribution in [1.82, 2.24) is 15.5 Å². The molecular weight excluding hydrogens is 297 g/mol. The number of hydrogen-bond donors (Lipinski definition) is 2. The fraction of sp³-hybridized carbons (Fsp3) is 0.929. The van der Waals surface area contributed by atoms with Crippen molar-refractivity contribution >= 4 is 30.7 Å². The van der Waals surface area contributed by atoms with Crippen molar-refractivity contribution < 1.29 is 4.79 Å². The quantitative estimate of drug-likeness (QED) is 0.826. The van der Waals surface area contributed by atoms with Crippen molar-refractivity contribution in [2.24, 2.45) is 11.8 Å². The summed E-state index contributed by atoms with van der Waals surface area (Å²) in [7, 11) is 0. The second-order valence-electron chi connectivity index (χ2n) is 6.17. The third-order valence-electron chi connectivity index (χ3n) is 3.99. The lowest BCUT2D eigenvalue weighted by Crippen LogP contribution is -2.47. The number of rotatable bonds is 4. The van der Waals surface area contributed by atoms with Crippen LogP contribution in [0.5, 0.6) is 0 Å². The average molecular weight is 326 g/mol. The highest BCUT2D eigenvalue weighted by Crippen LogP contribution is 2.14. The van der Waals surface area contributed by atoms with Crippen molar-refractivity contribution in [3.63, 3.8) is 0 Å². The number of carbonyl (C=O) groups excluding carboxylic acids is 1. The molecule has 0 aromatic rings. The summed E-state index contributed by atoms with van der Waals surface area (Å²) >= 11 is 0. The predicted molar refractivity (Wildman–Crippen MR) is 87.9 cm³/mol. The molecule has 0 spiro atoms. The summed E-state index contributed by atoms with van der Waals surface area (Å²) in [5.41, 5.74) is 0. The van der Waals surface area contributed by atoms with Gasteiger partial charge in [-0.3, -0.25) is 4.79 Å². The highest BCUT2D eigenvalue weighted by atomic mass is 35.5. The fourth-order valence-corrected chi connectivity index (χ4v) is 2.97. The van der Waals surface area contributed by atoms with Gasteiger partial charge in [0.15, 0.2) is 0 Å². The topological polar surface area (TPSA) is 44.4 Å². The van der Waals surface area contributed by atoms with E-state index >= 15 is 0 Å². The van der Waals surface area contributed by atoms with Gasteiger partial charge in [0.05, 0.1) is 5.92 Å². The zero-order valence-corrected chi connectivity index (χ0v) is 14.2. The highest BCUT2D eigenvalue weighted by molar-refractivity contribution is 5.85. The Bertz CT molecular complexity index is 276. The summed E-state index contributed by atoms with van der Waals surface area (Å²) in [5, 5.41) is 6.48. The SMILES string of the molecule is CC(C)CN1CCC(NC(=O)C2CCNC2)CC1.Cl.Cl. The number of nitrogens with zero attached hydrogens (tertiary/aromatic N) is 1. The van der Waals surface area contributed by atoms with Gasteiger partial charge in [-0.1, -0.05) is 13.8 Å². The van der Waals surface area contributed by atoms with Crippen molar-refractivity contribution in [1.29, 1.82) is 0 Å². The Balaban J connectivity index is 0.00000180. The number of halogens is 2. The third-order valence-corrected chi connectivity index (χ3v) is 3.99. The van der Waals surface area contributed by atoms with Gasteiger partial charge in [-0.15, -0.1) is 24.8 Å². The molecule has 4 nitrogen and oxygen atoms in total. The van der Waals surface area contributed by atoms with Crippen molar-refractivity contribution in [2.75, 3.05) is 32.7 Å². The van der Waals surface area contributed by atoms with Gasteiger partial charge < -0.3 is 15.5 Å². The van der Waals surface area contributed by atoms with E-state index in [-0.39, 0.29) is 36.6 Å². The molecule has 0 saturated carbocycles. The molecule has 2 fully saturated rings. The molecule has 2 saturated heterocycles. The lowest BCUT2D eigenvalue weighted by Gasteiger charge is -2.33. The van der Waals surface area contributed by atoms with E-state index in [0.29, 0.717) is 6.04 Å². The molecular formula is C14H29Cl2N3O. The number of likely N-dealkylation sites (tertiary alicyclic amines) is 1. The van der Waals surface area contributed by atoms with Crippen LogP contribution in [0.15, 0.2) is 0 Å². The Morgan fingerprint density at radius 3 is 2.40 bits per heavy atom. The molecule has 2 heterocycles. The first-order valence-electron chi connectivity index (χ1n) is 7.38. The van der Waals surface area contributed by atoms with Gasteiger partial charge in [0, 0.05) is 32.2 Å². The number of amides is 1. The zero-order valence-electron chi connectivity index (χ0n) is 12.6. The molecule has 2 N–H and O–H groups in total. The van der Waals surface area contributed by atoms with E-state index in [9.17, 15) is 4.79 Å². The normalized spacial score (nSPS) is 24.1. The summed E-state index contributed by atoms with van der Waals surface area (Å²) in [6.45, 7) is 9.83. The van der Waals surface area contributed by atoms with Gasteiger partial charge in [0.1, 0.15) is 0 Å². The zero-order chi connectivity index (χ0) is 13.0. The molecule has 120 valence electrons. The summed E-state index contributed by atoms with van der Waals surface area (Å²) in [4.78, 5) is 14.5. The second kappa shape index (κ2) is 9.82. The van der Waals surface area contributed by atoms with Crippen LogP contribution in [0.4, 0.5) is 0 Å². The Morgan fingerprint density at radius 2 is 1.90 bits per heavy atom. The molecule has 1 unspecified atom stereocenters. The molecule has 0 aromatic carbocycles. The minimum absolute atomic E-state index is 0. The molecule has 2 rings (SSSR count). The Morgan fingerprint density at radius 1 is 1.25 bits per heavy atom. The molecule has 0 bridgehead atoms. The van der Waals surface area contributed by atoms with E-state index in [1.54, 1.807) is 0 Å². The lowest BCUT2D eigenvalue weighted by atomic mass is 10.0. The van der Waals surface area contributed by atoms with Gasteiger partial charge in [0.2, 0.25) is 5.91 Å². The molecule has 0 aromatic heterocycles. The van der Waals surface area contributed by atoms with Gasteiger partial charge in [0.25, 0.3) is 0 Å². The number of carbonyl (C=O) groups is 1. The molecule has 0 aliphatic carbocycles. The van der Waals surface area contributed by atoms with Crippen LogP contribution < -0.4 is 10.6 Å². The highest BCUT2D eigenvalue weighted by Gasteiger charge is 2.26. The van der Waals surface area contributed by atoms with E-state index in [0.717, 1.165) is 51.4 Å². The van der Waals surface area contributed by atoms with Crippen LogP contribution in [0.25, 0.3) is 0 Å². The van der Waals surface area contributed by atoms with E-state index in [4.69, 9.17) is 0 Å². The number of hydrogen-bond acceptors (Lipinski definition) is 3. The Kier molecular flexibility index (Phi) is 9.81. The van der Waals surface area contributed by atoms with E-state index in [1.807, 2.05) is 0 Å². The number of nitrogens with one attached hydrogen (secondary N) is 2. The first kappa shape index (κ1) is 20.0. The molecule has 0 radical (unpaired) electrons. The van der Waals surface area contributed by atoms with Crippen LogP contribution in [0.3, 0.4) is 0 Å². The fourth-order valence-electron chi connectivity index (χ4n) is 2.97. The maximum absolute atomic E-state index is 12.0. The summed E-state index contributed by atoms with van der Waals surface area (Å²) in [6, 6.07) is 0.404. The molecule has 1 atom stereocenters. The van der Waals surface area contributed by atoms with Gasteiger partial charge >= 0.3 is 0 Å². The van der Waals surface area contributed by atoms with Crippen molar-refractivity contribution in [3.8, 4) is 0 Å². The Hall–Kier alpha value is -0.0300. The predicted octanol–water partition coefficient (Wildman–Crippen LogP) is 1.68. The monoisotopic (exact) mass is 325 g/mol. The van der Waals surface area contributed by atoms with Crippen LogP contribution in [0.1, 0.15) is 33.1 Å². The maximum Gasteiger partial charge on any atom is 0.224 e. The maximum atomic E-state index is 12.0. The van der Waals surface area contributed by atoms with Crippen LogP contribution in [0, 0.1) is 11.8 Å². The smallest absolute Gasteiger partial charge is 0.224 e. The molecule has 1 amide bonds. The van der Waals surface area contributed by atoms with Crippen LogP contribution in [-0.2, 0) is 4.79 Å². The number of piperidine rings is 1. The van der Waals surface area contributed by atoms with Gasteiger partial charge in [-0.25, -0.2) is 0 Å². The summed E-state index contributed by atoms with van der Waals surface area (Å²) in [5.74, 6) is 1.21. The van der Waals surface area contributed by atoms with Crippen LogP contribution >= 0.6 is 24.8 Å². The van der Waals surface area contributed by atoms with Gasteiger partial charge in [-0.2, -0.15) is 0 Å². The summed E-state index contributed by atoms with van der Waals surface area (Å²) < 4.78 is 0. The van der Waals surface area contributed by atoms with E-state index in [2.05, 4.69) is 29.4 Å². The van der Waals surface area contributed by atoms with Crippen LogP contribution in [-0.4, -0.2) is 49.6 Å². The van der Waals surface area contributed by atoms with E-state index < -0.39 is 0 Å². The molecule has 20 heavy (non-hydrogen) atoms. The minimum atomic E-state index is 0. The molecule has 2 aliphatic rings. The average Bonchev–Trinajstić information content (AvgIpc) is 2.84. The van der Waals surface area contributed by atoms with Crippen LogP contribution in [0.2, 0.25) is 0 Å². The molecule has 6 heteroatoms. The third kappa shape index (κ3) is 6.17. The second-order valence-corrected chi connectivity index (χ2v) is 6.17.